The lowest BCUT2D eigenvalue weighted by Gasteiger charge is -2.69. The molecule has 3 fully saturated rings. The zero-order valence-electron chi connectivity index (χ0n) is 36.5. The molecule has 3 aromatic carbocycles. The first-order valence-corrected chi connectivity index (χ1v) is 21.2. The average molecular weight is 886 g/mol. The third kappa shape index (κ3) is 8.06. The summed E-state index contributed by atoms with van der Waals surface area (Å²) in [6, 6.07) is 23.1. The van der Waals surface area contributed by atoms with E-state index >= 15 is 0 Å². The van der Waals surface area contributed by atoms with Crippen molar-refractivity contribution in [3.63, 3.8) is 0 Å². The number of amides is 1. The van der Waals surface area contributed by atoms with Gasteiger partial charge in [-0.3, -0.25) is 14.4 Å². The van der Waals surface area contributed by atoms with Gasteiger partial charge in [-0.05, 0) is 54.5 Å². The van der Waals surface area contributed by atoms with Gasteiger partial charge in [0, 0.05) is 43.1 Å². The summed E-state index contributed by atoms with van der Waals surface area (Å²) in [5.74, 6) is -5.46. The van der Waals surface area contributed by atoms with Gasteiger partial charge in [0.15, 0.2) is 17.8 Å². The Bertz CT molecular complexity index is 2270. The lowest BCUT2D eigenvalue weighted by atomic mass is 9.44. The van der Waals surface area contributed by atoms with Gasteiger partial charge in [0.25, 0.3) is 5.91 Å². The highest BCUT2D eigenvalue weighted by molar-refractivity contribution is 5.95. The van der Waals surface area contributed by atoms with E-state index in [2.05, 4.69) is 5.32 Å². The van der Waals surface area contributed by atoms with Gasteiger partial charge in [0.2, 0.25) is 0 Å². The highest BCUT2D eigenvalue weighted by Gasteiger charge is 2.78. The van der Waals surface area contributed by atoms with Gasteiger partial charge in [-0.1, -0.05) is 75.4 Å². The van der Waals surface area contributed by atoms with E-state index in [0.717, 1.165) is 6.92 Å². The Balaban J connectivity index is 1.35. The number of aliphatic hydroxyl groups excluding tert-OH is 3. The first-order valence-electron chi connectivity index (χ1n) is 21.2. The SMILES string of the molecule is CC(=O)O[C@@H]1C2=C(C)[C@@H](OC(=O)[C@H](O)[C@H](COc3ccccc3)NC(=O)c3ccccc3)C[C@@](O)([C@@H](OC(=O)c3ccccc3)[C@H]3[C@@](C)([C@@H](O)CC4OC[C@]43OC(C)=O)[C@H]1O)C2(C)C. The average Bonchev–Trinajstić information content (AvgIpc) is 3.26. The number of ether oxygens (including phenoxy) is 6. The molecule has 1 amide bonds. The fraction of sp³-hybridized carbons (Fsp3) is 0.479. The number of carbonyl (C=O) groups is 5. The molecule has 3 aliphatic carbocycles. The van der Waals surface area contributed by atoms with Crippen LogP contribution in [0, 0.1) is 16.7 Å². The zero-order valence-corrected chi connectivity index (χ0v) is 36.5. The van der Waals surface area contributed by atoms with Crippen molar-refractivity contribution in [2.75, 3.05) is 13.2 Å². The molecule has 2 saturated carbocycles. The van der Waals surface area contributed by atoms with E-state index < -0.39 is 113 Å². The molecular weight excluding hydrogens is 831 g/mol. The van der Waals surface area contributed by atoms with Crippen LogP contribution in [0.15, 0.2) is 102 Å². The van der Waals surface area contributed by atoms with Crippen LogP contribution in [0.4, 0.5) is 0 Å². The van der Waals surface area contributed by atoms with Crippen LogP contribution in [0.1, 0.15) is 75.1 Å². The summed E-state index contributed by atoms with van der Waals surface area (Å²) < 4.78 is 36.4. The van der Waals surface area contributed by atoms with Crippen molar-refractivity contribution < 1.29 is 72.8 Å². The highest BCUT2D eigenvalue weighted by Crippen LogP contribution is 2.65. The normalized spacial score (nSPS) is 32.3. The van der Waals surface area contributed by atoms with Crippen LogP contribution >= 0.6 is 0 Å². The first kappa shape index (κ1) is 46.3. The Morgan fingerprint density at radius 1 is 0.828 bits per heavy atom. The maximum atomic E-state index is 14.3. The Morgan fingerprint density at radius 3 is 1.98 bits per heavy atom. The fourth-order valence-electron chi connectivity index (χ4n) is 10.4. The molecule has 1 aliphatic heterocycles. The predicted octanol–water partition coefficient (Wildman–Crippen LogP) is 3.23. The largest absolute Gasteiger partial charge is 0.491 e. The molecule has 1 unspecified atom stereocenters. The first-order chi connectivity index (χ1) is 30.3. The molecule has 7 rings (SSSR count). The number of benzene rings is 3. The Kier molecular flexibility index (Phi) is 12.8. The number of rotatable bonds is 12. The molecule has 0 aromatic heterocycles. The second-order valence-electron chi connectivity index (χ2n) is 17.9. The summed E-state index contributed by atoms with van der Waals surface area (Å²) in [6.45, 7) is 7.86. The van der Waals surface area contributed by atoms with Crippen LogP contribution in [0.25, 0.3) is 0 Å². The van der Waals surface area contributed by atoms with Crippen molar-refractivity contribution in [2.24, 2.45) is 16.7 Å². The molecule has 5 N–H and O–H groups in total. The summed E-state index contributed by atoms with van der Waals surface area (Å²) in [7, 11) is 0. The minimum Gasteiger partial charge on any atom is -0.491 e. The lowest BCUT2D eigenvalue weighted by Crippen LogP contribution is -2.82. The Morgan fingerprint density at radius 2 is 1.42 bits per heavy atom. The van der Waals surface area contributed by atoms with Crippen molar-refractivity contribution in [2.45, 2.75) is 114 Å². The number of fused-ring (bicyclic) bond motifs is 5. The smallest absolute Gasteiger partial charge is 0.338 e. The number of esters is 4. The quantitative estimate of drug-likeness (QED) is 0.0999. The van der Waals surface area contributed by atoms with Gasteiger partial charge in [0.05, 0.1) is 30.2 Å². The summed E-state index contributed by atoms with van der Waals surface area (Å²) in [6.07, 6.45) is -12.0. The van der Waals surface area contributed by atoms with Crippen LogP contribution in [0.5, 0.6) is 5.75 Å². The second kappa shape index (κ2) is 17.7. The molecule has 16 nitrogen and oxygen atoms in total. The maximum Gasteiger partial charge on any atom is 0.338 e. The van der Waals surface area contributed by atoms with Crippen LogP contribution < -0.4 is 10.1 Å². The van der Waals surface area contributed by atoms with Gasteiger partial charge in [-0.2, -0.15) is 0 Å². The molecule has 12 atom stereocenters. The molecule has 16 heteroatoms. The van der Waals surface area contributed by atoms with E-state index in [-0.39, 0.29) is 41.9 Å². The minimum atomic E-state index is -2.37. The monoisotopic (exact) mass is 885 g/mol. The van der Waals surface area contributed by atoms with Crippen molar-refractivity contribution in [3.8, 4) is 5.75 Å². The van der Waals surface area contributed by atoms with Crippen LogP contribution in [-0.4, -0.2) is 123 Å². The van der Waals surface area contributed by atoms with Crippen LogP contribution in [0.3, 0.4) is 0 Å². The van der Waals surface area contributed by atoms with E-state index in [1.807, 2.05) is 0 Å². The van der Waals surface area contributed by atoms with Gasteiger partial charge in [-0.15, -0.1) is 0 Å². The molecule has 1 saturated heterocycles. The van der Waals surface area contributed by atoms with E-state index in [1.165, 1.54) is 26.0 Å². The fourth-order valence-corrected chi connectivity index (χ4v) is 10.4. The number of carbonyl (C=O) groups excluding carboxylic acids is 5. The van der Waals surface area contributed by atoms with Crippen molar-refractivity contribution in [1.82, 2.24) is 5.32 Å². The number of para-hydroxylation sites is 1. The van der Waals surface area contributed by atoms with E-state index in [4.69, 9.17) is 28.4 Å². The second-order valence-corrected chi connectivity index (χ2v) is 17.9. The summed E-state index contributed by atoms with van der Waals surface area (Å²) >= 11 is 0. The number of hydrogen-bond donors (Lipinski definition) is 5. The van der Waals surface area contributed by atoms with Gasteiger partial charge in [0.1, 0.15) is 42.4 Å². The molecule has 2 bridgehead atoms. The molecule has 4 aliphatic rings. The van der Waals surface area contributed by atoms with Crippen molar-refractivity contribution >= 4 is 29.8 Å². The molecular formula is C48H55NO15. The lowest BCUT2D eigenvalue weighted by molar-refractivity contribution is -0.365. The van der Waals surface area contributed by atoms with Crippen molar-refractivity contribution in [1.29, 1.82) is 0 Å². The van der Waals surface area contributed by atoms with E-state index in [0.29, 0.717) is 5.75 Å². The number of aliphatic hydroxyl groups is 4. The van der Waals surface area contributed by atoms with Gasteiger partial charge >= 0.3 is 23.9 Å². The zero-order chi connectivity index (χ0) is 46.4. The Hall–Kier alpha value is -5.65. The van der Waals surface area contributed by atoms with Gasteiger partial charge < -0.3 is 54.2 Å². The summed E-state index contributed by atoms with van der Waals surface area (Å²) in [5.41, 5.74) is -6.95. The number of hydrogen-bond acceptors (Lipinski definition) is 15. The van der Waals surface area contributed by atoms with Crippen LogP contribution in [0.2, 0.25) is 0 Å². The molecule has 0 spiro atoms. The standard InChI is InChI=1S/C48H55NO15/c1-26-33(62-44(57)37(53)32(24-59-31-20-14-9-15-21-31)49-42(55)29-16-10-7-11-17-29)23-48(58)41(63-43(56)30-18-12-8-13-19-30)39-46(6,34(52)22-35-47(39,25-60-35)64-28(3)51)40(54)38(61-27(2)50)36(26)45(48,4)5/h7-21,32-35,37-41,52-54,58H,22-25H2,1-6H3,(H,49,55)/t32-,33-,34-,35?,37+,38+,39-,40-,41-,46+,47-,48+/m0/s1. The Labute approximate surface area is 370 Å². The predicted molar refractivity (Wildman–Crippen MR) is 225 cm³/mol. The topological polar surface area (TPSA) is 234 Å². The minimum absolute atomic E-state index is 0.0822. The third-order valence-corrected chi connectivity index (χ3v) is 13.8. The third-order valence-electron chi connectivity index (χ3n) is 13.8. The van der Waals surface area contributed by atoms with E-state index in [1.54, 1.807) is 99.6 Å². The molecule has 342 valence electrons. The highest BCUT2D eigenvalue weighted by atomic mass is 16.6. The maximum absolute atomic E-state index is 14.3. The molecule has 3 aromatic rings. The van der Waals surface area contributed by atoms with E-state index in [9.17, 15) is 44.4 Å². The summed E-state index contributed by atoms with van der Waals surface area (Å²) in [5, 5.41) is 53.1. The summed E-state index contributed by atoms with van der Waals surface area (Å²) in [4.78, 5) is 68.1. The van der Waals surface area contributed by atoms with Gasteiger partial charge in [-0.25, -0.2) is 9.59 Å². The number of nitrogens with one attached hydrogen (secondary N) is 1. The molecule has 0 radical (unpaired) electrons. The molecule has 1 heterocycles. The molecule has 64 heavy (non-hydrogen) atoms. The van der Waals surface area contributed by atoms with Crippen molar-refractivity contribution in [3.05, 3.63) is 113 Å². The van der Waals surface area contributed by atoms with Crippen LogP contribution in [-0.2, 0) is 38.1 Å².